The minimum Gasteiger partial charge on any atom is -0.480 e. The lowest BCUT2D eigenvalue weighted by molar-refractivity contribution is -0.137. The molecule has 0 spiro atoms. The quantitative estimate of drug-likeness (QED) is 0.769. The Morgan fingerprint density at radius 1 is 1.67 bits per heavy atom. The van der Waals surface area contributed by atoms with Crippen molar-refractivity contribution in [2.75, 3.05) is 13.1 Å². The summed E-state index contributed by atoms with van der Waals surface area (Å²) >= 11 is 1.48. The van der Waals surface area contributed by atoms with Crippen LogP contribution < -0.4 is 5.32 Å². The summed E-state index contributed by atoms with van der Waals surface area (Å²) in [6.07, 6.45) is 5.08. The maximum atomic E-state index is 11.7. The number of thiazole rings is 1. The minimum atomic E-state index is -1.11. The molecule has 0 radical (unpaired) electrons. The summed E-state index contributed by atoms with van der Waals surface area (Å²) in [4.78, 5) is 27.5. The van der Waals surface area contributed by atoms with Gasteiger partial charge in [-0.15, -0.1) is 17.8 Å². The van der Waals surface area contributed by atoms with Crippen molar-refractivity contribution in [2.24, 2.45) is 0 Å². The summed E-state index contributed by atoms with van der Waals surface area (Å²) in [5, 5.41) is 14.0. The molecule has 0 fully saturated rings. The number of carbonyl (C=O) groups is 2. The molecular formula is C11H13N3O3S. The van der Waals surface area contributed by atoms with Crippen LogP contribution in [-0.4, -0.2) is 40.1 Å². The van der Waals surface area contributed by atoms with E-state index < -0.39 is 18.5 Å². The van der Waals surface area contributed by atoms with Crippen LogP contribution in [0.25, 0.3) is 0 Å². The Bertz CT molecular complexity index is 478. The lowest BCUT2D eigenvalue weighted by Gasteiger charge is -2.18. The molecule has 96 valence electrons. The first kappa shape index (κ1) is 14.0. The fourth-order valence-electron chi connectivity index (χ4n) is 1.24. The Kier molecular flexibility index (Phi) is 5.14. The first-order chi connectivity index (χ1) is 8.52. The van der Waals surface area contributed by atoms with E-state index in [0.29, 0.717) is 0 Å². The van der Waals surface area contributed by atoms with Gasteiger partial charge in [0.25, 0.3) is 0 Å². The molecule has 18 heavy (non-hydrogen) atoms. The second kappa shape index (κ2) is 6.61. The lowest BCUT2D eigenvalue weighted by Crippen LogP contribution is -2.42. The van der Waals surface area contributed by atoms with Gasteiger partial charge < -0.3 is 15.3 Å². The SMILES string of the molecule is C#CCN(CC(=O)O)C(=O)NCc1csc(C)n1. The fourth-order valence-corrected chi connectivity index (χ4v) is 1.85. The maximum absolute atomic E-state index is 11.7. The summed E-state index contributed by atoms with van der Waals surface area (Å²) in [6, 6.07) is -0.513. The van der Waals surface area contributed by atoms with Gasteiger partial charge in [-0.3, -0.25) is 4.79 Å². The highest BCUT2D eigenvalue weighted by Crippen LogP contribution is 2.07. The van der Waals surface area contributed by atoms with E-state index in [1.54, 1.807) is 0 Å². The standard InChI is InChI=1S/C11H13N3O3S/c1-3-4-14(6-10(15)16)11(17)12-5-9-7-18-8(2)13-9/h1,7H,4-6H2,2H3,(H,12,17)(H,15,16). The zero-order valence-electron chi connectivity index (χ0n) is 9.84. The minimum absolute atomic E-state index is 0.0474. The van der Waals surface area contributed by atoms with E-state index in [1.807, 2.05) is 12.3 Å². The van der Waals surface area contributed by atoms with E-state index in [2.05, 4.69) is 16.2 Å². The van der Waals surface area contributed by atoms with Crippen LogP contribution in [-0.2, 0) is 11.3 Å². The number of hydrogen-bond donors (Lipinski definition) is 2. The number of carboxylic acids is 1. The number of urea groups is 1. The topological polar surface area (TPSA) is 82.5 Å². The number of carbonyl (C=O) groups excluding carboxylic acids is 1. The Balaban J connectivity index is 2.51. The molecule has 2 N–H and O–H groups in total. The van der Waals surface area contributed by atoms with Gasteiger partial charge >= 0.3 is 12.0 Å². The van der Waals surface area contributed by atoms with Gasteiger partial charge in [-0.05, 0) is 6.92 Å². The highest BCUT2D eigenvalue weighted by molar-refractivity contribution is 7.09. The largest absolute Gasteiger partial charge is 0.480 e. The Morgan fingerprint density at radius 2 is 2.39 bits per heavy atom. The number of nitrogens with one attached hydrogen (secondary N) is 1. The molecule has 0 bridgehead atoms. The third-order valence-corrected chi connectivity index (χ3v) is 2.81. The van der Waals surface area contributed by atoms with Gasteiger partial charge in [0.05, 0.1) is 23.8 Å². The molecular weight excluding hydrogens is 254 g/mol. The molecule has 0 aromatic carbocycles. The first-order valence-corrected chi connectivity index (χ1v) is 6.00. The summed E-state index contributed by atoms with van der Waals surface area (Å²) in [7, 11) is 0. The summed E-state index contributed by atoms with van der Waals surface area (Å²) < 4.78 is 0. The molecule has 0 saturated carbocycles. The third-order valence-electron chi connectivity index (χ3n) is 1.98. The van der Waals surface area contributed by atoms with E-state index in [1.165, 1.54) is 11.3 Å². The molecule has 0 aliphatic rings. The third kappa shape index (κ3) is 4.43. The van der Waals surface area contributed by atoms with Crippen LogP contribution in [0.3, 0.4) is 0 Å². The van der Waals surface area contributed by atoms with Gasteiger partial charge in [-0.25, -0.2) is 9.78 Å². The van der Waals surface area contributed by atoms with Gasteiger partial charge in [0.1, 0.15) is 6.54 Å². The number of terminal acetylenes is 1. The Labute approximate surface area is 109 Å². The second-order valence-corrected chi connectivity index (χ2v) is 4.53. The van der Waals surface area contributed by atoms with E-state index >= 15 is 0 Å². The summed E-state index contributed by atoms with van der Waals surface area (Å²) in [5.74, 6) is 1.14. The Hall–Kier alpha value is -2.07. The summed E-state index contributed by atoms with van der Waals surface area (Å²) in [6.45, 7) is 1.65. The van der Waals surface area contributed by atoms with Crippen LogP contribution in [0.1, 0.15) is 10.7 Å². The van der Waals surface area contributed by atoms with E-state index in [0.717, 1.165) is 15.6 Å². The molecule has 0 unspecified atom stereocenters. The number of nitrogens with zero attached hydrogens (tertiary/aromatic N) is 2. The lowest BCUT2D eigenvalue weighted by atomic mass is 10.4. The maximum Gasteiger partial charge on any atom is 0.323 e. The van der Waals surface area contributed by atoms with Gasteiger partial charge in [0, 0.05) is 5.38 Å². The number of amides is 2. The summed E-state index contributed by atoms with van der Waals surface area (Å²) in [5.41, 5.74) is 0.738. The average Bonchev–Trinajstić information content (AvgIpc) is 2.71. The van der Waals surface area contributed by atoms with Crippen LogP contribution in [0.5, 0.6) is 0 Å². The Morgan fingerprint density at radius 3 is 2.89 bits per heavy atom. The molecule has 1 aromatic heterocycles. The van der Waals surface area contributed by atoms with Crippen molar-refractivity contribution >= 4 is 23.3 Å². The molecule has 1 aromatic rings. The van der Waals surface area contributed by atoms with Crippen LogP contribution in [0.4, 0.5) is 4.79 Å². The van der Waals surface area contributed by atoms with Crippen molar-refractivity contribution in [3.8, 4) is 12.3 Å². The number of hydrogen-bond acceptors (Lipinski definition) is 4. The molecule has 6 nitrogen and oxygen atoms in total. The van der Waals surface area contributed by atoms with Crippen molar-refractivity contribution in [2.45, 2.75) is 13.5 Å². The van der Waals surface area contributed by atoms with Crippen LogP contribution in [0.15, 0.2) is 5.38 Å². The number of carboxylic acid groups (broad SMARTS) is 1. The zero-order chi connectivity index (χ0) is 13.5. The van der Waals surface area contributed by atoms with E-state index in [9.17, 15) is 9.59 Å². The van der Waals surface area contributed by atoms with Gasteiger partial charge in [-0.1, -0.05) is 5.92 Å². The fraction of sp³-hybridized carbons (Fsp3) is 0.364. The highest BCUT2D eigenvalue weighted by atomic mass is 32.1. The van der Waals surface area contributed by atoms with Gasteiger partial charge in [0.15, 0.2) is 0 Å². The van der Waals surface area contributed by atoms with Crippen molar-refractivity contribution in [1.29, 1.82) is 0 Å². The predicted octanol–water partition coefficient (Wildman–Crippen LogP) is 0.681. The average molecular weight is 267 g/mol. The van der Waals surface area contributed by atoms with Gasteiger partial charge in [0.2, 0.25) is 0 Å². The second-order valence-electron chi connectivity index (χ2n) is 3.47. The van der Waals surface area contributed by atoms with Gasteiger partial charge in [-0.2, -0.15) is 0 Å². The van der Waals surface area contributed by atoms with E-state index in [-0.39, 0.29) is 13.1 Å². The number of aryl methyl sites for hydroxylation is 1. The smallest absolute Gasteiger partial charge is 0.323 e. The molecule has 7 heteroatoms. The highest BCUT2D eigenvalue weighted by Gasteiger charge is 2.15. The van der Waals surface area contributed by atoms with E-state index in [4.69, 9.17) is 11.5 Å². The van der Waals surface area contributed by atoms with Crippen LogP contribution in [0, 0.1) is 19.3 Å². The molecule has 2 amide bonds. The van der Waals surface area contributed by atoms with Crippen LogP contribution in [0.2, 0.25) is 0 Å². The number of rotatable bonds is 5. The van der Waals surface area contributed by atoms with Crippen molar-refractivity contribution in [3.05, 3.63) is 16.1 Å². The molecule has 0 aliphatic carbocycles. The molecule has 1 heterocycles. The monoisotopic (exact) mass is 267 g/mol. The molecule has 0 saturated heterocycles. The molecule has 0 atom stereocenters. The number of aliphatic carboxylic acids is 1. The molecule has 1 rings (SSSR count). The predicted molar refractivity (Wildman–Crippen MR) is 67.1 cm³/mol. The number of aromatic nitrogens is 1. The van der Waals surface area contributed by atoms with Crippen molar-refractivity contribution in [1.82, 2.24) is 15.2 Å². The van der Waals surface area contributed by atoms with Crippen LogP contribution >= 0.6 is 11.3 Å². The van der Waals surface area contributed by atoms with Crippen molar-refractivity contribution < 1.29 is 14.7 Å². The zero-order valence-corrected chi connectivity index (χ0v) is 10.7. The normalized spacial score (nSPS) is 9.56. The molecule has 0 aliphatic heterocycles. The first-order valence-electron chi connectivity index (χ1n) is 5.12. The van der Waals surface area contributed by atoms with Crippen molar-refractivity contribution in [3.63, 3.8) is 0 Å².